The first-order chi connectivity index (χ1) is 22.8. The van der Waals surface area contributed by atoms with Crippen molar-refractivity contribution in [2.75, 3.05) is 0 Å². The number of benzene rings is 5. The fourth-order valence-corrected chi connectivity index (χ4v) is 5.47. The van der Waals surface area contributed by atoms with Crippen LogP contribution >= 0.6 is 0 Å². The van der Waals surface area contributed by atoms with Gasteiger partial charge < -0.3 is 14.6 Å². The Morgan fingerprint density at radius 3 is 1.60 bits per heavy atom. The van der Waals surface area contributed by atoms with Gasteiger partial charge in [-0.15, -0.1) is 0 Å². The molecule has 0 amide bonds. The van der Waals surface area contributed by atoms with Crippen molar-refractivity contribution in [1.82, 2.24) is 15.0 Å². The average Bonchev–Trinajstić information content (AvgIpc) is 3.09. The number of esters is 2. The van der Waals surface area contributed by atoms with Gasteiger partial charge >= 0.3 is 11.9 Å². The Morgan fingerprint density at radius 2 is 1.13 bits per heavy atom. The van der Waals surface area contributed by atoms with Crippen LogP contribution in [0.15, 0.2) is 116 Å². The number of carbonyl (C=O) groups is 2. The molecule has 8 nitrogen and oxygen atoms in total. The molecule has 1 aromatic heterocycles. The zero-order valence-corrected chi connectivity index (χ0v) is 25.7. The van der Waals surface area contributed by atoms with E-state index in [1.54, 1.807) is 18.2 Å². The van der Waals surface area contributed by atoms with Gasteiger partial charge in [0.25, 0.3) is 0 Å². The Hall–Kier alpha value is -6.41. The summed E-state index contributed by atoms with van der Waals surface area (Å²) in [5.41, 5.74) is 2.82. The summed E-state index contributed by atoms with van der Waals surface area (Å²) in [5.74, 6) is -0.470. The third kappa shape index (κ3) is 5.87. The lowest BCUT2D eigenvalue weighted by molar-refractivity contribution is -0.129. The minimum absolute atomic E-state index is 0.0424. The first-order valence-corrected chi connectivity index (χ1v) is 14.8. The Morgan fingerprint density at radius 1 is 0.660 bits per heavy atom. The molecule has 0 saturated heterocycles. The standard InChI is InChI=1S/C39H29N3O5/c1-5-12-26-23(4)17-20-29(43)34(26)37-40-38(35-27-15-10-8-13-24(27)18-21-30(35)46-32(44)6-2)42-39(41-37)36-28-16-11-9-14-25(28)19-22-31(36)47-33(45)7-3/h5-22,43H,2-3H2,1,4H3/b12-5-. The minimum atomic E-state index is -0.657. The molecular weight excluding hydrogens is 590 g/mol. The highest BCUT2D eigenvalue weighted by Gasteiger charge is 2.24. The number of phenolic OH excluding ortho intramolecular Hbond substituents is 1. The van der Waals surface area contributed by atoms with E-state index < -0.39 is 11.9 Å². The summed E-state index contributed by atoms with van der Waals surface area (Å²) in [6, 6.07) is 25.5. The summed E-state index contributed by atoms with van der Waals surface area (Å²) in [5, 5.41) is 14.4. The molecule has 0 spiro atoms. The fourth-order valence-electron chi connectivity index (χ4n) is 5.47. The number of aryl methyl sites for hydroxylation is 1. The largest absolute Gasteiger partial charge is 0.507 e. The smallest absolute Gasteiger partial charge is 0.335 e. The van der Waals surface area contributed by atoms with Crippen LogP contribution in [-0.2, 0) is 9.59 Å². The zero-order valence-electron chi connectivity index (χ0n) is 25.7. The molecule has 8 heteroatoms. The van der Waals surface area contributed by atoms with Crippen molar-refractivity contribution in [3.05, 3.63) is 127 Å². The molecule has 230 valence electrons. The van der Waals surface area contributed by atoms with E-state index in [0.29, 0.717) is 33.0 Å². The SMILES string of the molecule is C=CC(=O)Oc1ccc2ccccc2c1-c1nc(-c2c(O)ccc(C)c2/C=C\C)nc(-c2c(OC(=O)C=C)ccc3ccccc23)n1. The maximum absolute atomic E-state index is 12.5. The third-order valence-corrected chi connectivity index (χ3v) is 7.62. The zero-order chi connectivity index (χ0) is 33.1. The number of rotatable bonds is 8. The number of nitrogens with zero attached hydrogens (tertiary/aromatic N) is 3. The van der Waals surface area contributed by atoms with E-state index >= 15 is 0 Å². The van der Waals surface area contributed by atoms with E-state index in [0.717, 1.165) is 28.5 Å². The van der Waals surface area contributed by atoms with Crippen LogP contribution in [0.5, 0.6) is 17.2 Å². The molecule has 0 saturated carbocycles. The molecule has 1 N–H and O–H groups in total. The molecule has 47 heavy (non-hydrogen) atoms. The van der Waals surface area contributed by atoms with E-state index in [1.165, 1.54) is 0 Å². The lowest BCUT2D eigenvalue weighted by Gasteiger charge is -2.17. The first-order valence-electron chi connectivity index (χ1n) is 14.8. The first kappa shape index (κ1) is 30.6. The molecule has 0 aliphatic rings. The van der Waals surface area contributed by atoms with Gasteiger partial charge in [-0.2, -0.15) is 0 Å². The maximum atomic E-state index is 12.5. The molecule has 1 heterocycles. The predicted molar refractivity (Wildman–Crippen MR) is 184 cm³/mol. The number of fused-ring (bicyclic) bond motifs is 2. The molecule has 0 unspecified atom stereocenters. The van der Waals surface area contributed by atoms with Crippen LogP contribution in [-0.4, -0.2) is 32.0 Å². The summed E-state index contributed by atoms with van der Waals surface area (Å²) in [6.07, 6.45) is 5.89. The molecule has 6 rings (SSSR count). The number of aromatic hydroxyl groups is 1. The third-order valence-electron chi connectivity index (χ3n) is 7.62. The predicted octanol–water partition coefficient (Wildman–Crippen LogP) is 8.41. The highest BCUT2D eigenvalue weighted by Crippen LogP contribution is 2.42. The van der Waals surface area contributed by atoms with Crippen molar-refractivity contribution >= 4 is 39.6 Å². The van der Waals surface area contributed by atoms with Crippen LogP contribution in [0.25, 0.3) is 61.8 Å². The highest BCUT2D eigenvalue weighted by atomic mass is 16.5. The minimum Gasteiger partial charge on any atom is -0.507 e. The number of ether oxygens (including phenoxy) is 2. The van der Waals surface area contributed by atoms with Gasteiger partial charge in [0.05, 0.1) is 16.7 Å². The molecule has 0 aliphatic heterocycles. The summed E-state index contributed by atoms with van der Waals surface area (Å²) in [7, 11) is 0. The van der Waals surface area contributed by atoms with Gasteiger partial charge in [-0.25, -0.2) is 24.5 Å². The number of carbonyl (C=O) groups excluding carboxylic acids is 2. The number of hydrogen-bond donors (Lipinski definition) is 1. The van der Waals surface area contributed by atoms with Crippen LogP contribution in [0.4, 0.5) is 0 Å². The normalized spacial score (nSPS) is 11.1. The second-order valence-electron chi connectivity index (χ2n) is 10.6. The molecular formula is C39H29N3O5. The molecule has 0 fully saturated rings. The second-order valence-corrected chi connectivity index (χ2v) is 10.6. The van der Waals surface area contributed by atoms with E-state index in [4.69, 9.17) is 24.4 Å². The molecule has 0 atom stereocenters. The van der Waals surface area contributed by atoms with Gasteiger partial charge in [-0.05, 0) is 64.7 Å². The highest BCUT2D eigenvalue weighted by molar-refractivity contribution is 6.02. The van der Waals surface area contributed by atoms with Gasteiger partial charge in [0.2, 0.25) is 0 Å². The summed E-state index contributed by atoms with van der Waals surface area (Å²) in [6.45, 7) is 10.9. The summed E-state index contributed by atoms with van der Waals surface area (Å²) >= 11 is 0. The van der Waals surface area contributed by atoms with E-state index in [2.05, 4.69) is 13.2 Å². The molecule has 0 radical (unpaired) electrons. The average molecular weight is 620 g/mol. The van der Waals surface area contributed by atoms with Crippen molar-refractivity contribution in [3.63, 3.8) is 0 Å². The van der Waals surface area contributed by atoms with Gasteiger partial charge in [-0.3, -0.25) is 0 Å². The lowest BCUT2D eigenvalue weighted by Crippen LogP contribution is -2.08. The number of aromatic nitrogens is 3. The van der Waals surface area contributed by atoms with Gasteiger partial charge in [0.15, 0.2) is 17.5 Å². The Labute approximate surface area is 271 Å². The fraction of sp³-hybridized carbons (Fsp3) is 0.0513. The van der Waals surface area contributed by atoms with Crippen molar-refractivity contribution < 1.29 is 24.2 Å². The van der Waals surface area contributed by atoms with E-state index in [9.17, 15) is 14.7 Å². The van der Waals surface area contributed by atoms with Gasteiger partial charge in [0, 0.05) is 12.2 Å². The summed E-state index contributed by atoms with van der Waals surface area (Å²) < 4.78 is 11.4. The van der Waals surface area contributed by atoms with Gasteiger partial charge in [0.1, 0.15) is 17.2 Å². The Balaban J connectivity index is 1.77. The summed E-state index contributed by atoms with van der Waals surface area (Å²) in [4.78, 5) is 39.8. The van der Waals surface area contributed by atoms with Gasteiger partial charge in [-0.1, -0.05) is 92.0 Å². The van der Waals surface area contributed by atoms with Crippen molar-refractivity contribution in [1.29, 1.82) is 0 Å². The molecule has 5 aromatic carbocycles. The monoisotopic (exact) mass is 619 g/mol. The van der Waals surface area contributed by atoms with Crippen LogP contribution in [0.3, 0.4) is 0 Å². The van der Waals surface area contributed by atoms with Crippen LogP contribution in [0.1, 0.15) is 18.1 Å². The van der Waals surface area contributed by atoms with Crippen molar-refractivity contribution in [2.24, 2.45) is 0 Å². The Bertz CT molecular complexity index is 2150. The van der Waals surface area contributed by atoms with Crippen molar-refractivity contribution in [3.8, 4) is 51.4 Å². The quantitative estimate of drug-likeness (QED) is 0.103. The van der Waals surface area contributed by atoms with E-state index in [1.807, 2.05) is 92.7 Å². The van der Waals surface area contributed by atoms with Crippen LogP contribution < -0.4 is 9.47 Å². The topological polar surface area (TPSA) is 112 Å². The van der Waals surface area contributed by atoms with Crippen molar-refractivity contribution in [2.45, 2.75) is 13.8 Å². The Kier molecular flexibility index (Phi) is 8.40. The van der Waals surface area contributed by atoms with Crippen LogP contribution in [0, 0.1) is 6.92 Å². The van der Waals surface area contributed by atoms with E-state index in [-0.39, 0.29) is 34.7 Å². The number of allylic oxidation sites excluding steroid dienone is 1. The molecule has 0 aliphatic carbocycles. The maximum Gasteiger partial charge on any atom is 0.335 e. The number of hydrogen-bond acceptors (Lipinski definition) is 8. The second kappa shape index (κ2) is 12.9. The molecule has 6 aromatic rings. The number of phenols is 1. The lowest BCUT2D eigenvalue weighted by atomic mass is 9.98. The molecule has 0 bridgehead atoms. The van der Waals surface area contributed by atoms with Crippen LogP contribution in [0.2, 0.25) is 0 Å².